The number of aromatic hydroxyl groups is 1. The minimum atomic E-state index is -0.578. The SMILES string of the molecule is CN1CCC[C@H]1CCc1nc(N2CC3CCC(C2)N3C(=O)OC(C)(C)C)c2cc(Cl)c(-c3cc(O)cc4ccccc34)c(F)c2n1. The molecule has 3 aliphatic rings. The van der Waals surface area contributed by atoms with Crippen molar-refractivity contribution in [2.24, 2.45) is 0 Å². The highest BCUT2D eigenvalue weighted by Gasteiger charge is 2.45. The molecule has 0 spiro atoms. The molecule has 2 bridgehead atoms. The summed E-state index contributed by atoms with van der Waals surface area (Å²) in [6, 6.07) is 12.9. The van der Waals surface area contributed by atoms with Gasteiger partial charge in [-0.05, 0) is 101 Å². The van der Waals surface area contributed by atoms with Gasteiger partial charge in [-0.25, -0.2) is 19.2 Å². The van der Waals surface area contributed by atoms with Crippen LogP contribution >= 0.6 is 11.6 Å². The number of phenols is 1. The third-order valence-electron chi connectivity index (χ3n) is 9.78. The number of phenolic OH excluding ortho intramolecular Hbond substituents is 1. The molecule has 3 atom stereocenters. The van der Waals surface area contributed by atoms with Gasteiger partial charge in [0.15, 0.2) is 5.82 Å². The van der Waals surface area contributed by atoms with Crippen LogP contribution in [0.3, 0.4) is 0 Å². The first kappa shape index (κ1) is 30.9. The van der Waals surface area contributed by atoms with Crippen LogP contribution in [-0.4, -0.2) is 81.4 Å². The van der Waals surface area contributed by atoms with Crippen LogP contribution in [-0.2, 0) is 11.2 Å². The molecular weight excluding hydrogens is 605 g/mol. The van der Waals surface area contributed by atoms with E-state index in [-0.39, 0.29) is 40.0 Å². The second-order valence-corrected chi connectivity index (χ2v) is 14.5. The molecule has 242 valence electrons. The van der Waals surface area contributed by atoms with Crippen molar-refractivity contribution in [3.8, 4) is 16.9 Å². The van der Waals surface area contributed by atoms with E-state index in [1.54, 1.807) is 18.2 Å². The number of hydrogen-bond acceptors (Lipinski definition) is 7. The van der Waals surface area contributed by atoms with Gasteiger partial charge in [-0.3, -0.25) is 4.90 Å². The standard InChI is InChI=1S/C36H41ClFN5O3/c1-36(2,3)46-35(45)43-23-11-12-24(43)20-42(19-23)34-28-18-29(37)31(27-17-25(44)16-21-8-5-6-10-26(21)27)32(38)33(28)39-30(40-34)14-13-22-9-7-15-41(22)4/h5-6,8,10,16-18,22-24,44H,7,9,11-15,19-20H2,1-4H3/t22-,23?,24?/m0/s1. The number of aryl methyl sites for hydroxylation is 1. The Bertz CT molecular complexity index is 1810. The molecule has 8 nitrogen and oxygen atoms in total. The molecule has 10 heteroatoms. The lowest BCUT2D eigenvalue weighted by atomic mass is 9.96. The molecule has 1 N–H and O–H groups in total. The molecule has 7 rings (SSSR count). The minimum Gasteiger partial charge on any atom is -0.508 e. The number of ether oxygens (including phenoxy) is 1. The van der Waals surface area contributed by atoms with E-state index < -0.39 is 11.4 Å². The van der Waals surface area contributed by atoms with Crippen LogP contribution in [0.4, 0.5) is 15.0 Å². The third kappa shape index (κ3) is 5.72. The average molecular weight is 646 g/mol. The van der Waals surface area contributed by atoms with Crippen molar-refractivity contribution in [3.05, 3.63) is 59.1 Å². The summed E-state index contributed by atoms with van der Waals surface area (Å²) in [6.07, 6.45) is 5.26. The summed E-state index contributed by atoms with van der Waals surface area (Å²) in [4.78, 5) is 29.5. The second kappa shape index (κ2) is 11.8. The van der Waals surface area contributed by atoms with E-state index in [2.05, 4.69) is 16.8 Å². The van der Waals surface area contributed by atoms with E-state index in [1.165, 1.54) is 6.42 Å². The molecule has 0 radical (unpaired) electrons. The monoisotopic (exact) mass is 645 g/mol. The molecule has 46 heavy (non-hydrogen) atoms. The number of carbonyl (C=O) groups excluding carboxylic acids is 1. The Hall–Kier alpha value is -3.69. The molecule has 3 aromatic carbocycles. The first-order valence-electron chi connectivity index (χ1n) is 16.3. The Morgan fingerprint density at radius 2 is 1.80 bits per heavy atom. The summed E-state index contributed by atoms with van der Waals surface area (Å²) in [6.45, 7) is 7.84. The second-order valence-electron chi connectivity index (χ2n) is 14.1. The third-order valence-corrected chi connectivity index (χ3v) is 10.1. The highest BCUT2D eigenvalue weighted by atomic mass is 35.5. The van der Waals surface area contributed by atoms with Crippen molar-refractivity contribution < 1.29 is 19.0 Å². The van der Waals surface area contributed by atoms with Gasteiger partial charge in [0, 0.05) is 36.5 Å². The number of carbonyl (C=O) groups is 1. The number of likely N-dealkylation sites (tertiary alicyclic amines) is 1. The largest absolute Gasteiger partial charge is 0.508 e. The van der Waals surface area contributed by atoms with Crippen LogP contribution in [0.5, 0.6) is 5.75 Å². The lowest BCUT2D eigenvalue weighted by Crippen LogP contribution is -2.57. The van der Waals surface area contributed by atoms with Gasteiger partial charge in [0.25, 0.3) is 0 Å². The van der Waals surface area contributed by atoms with E-state index in [4.69, 9.17) is 26.3 Å². The van der Waals surface area contributed by atoms with Gasteiger partial charge in [-0.2, -0.15) is 0 Å². The Labute approximate surface area is 274 Å². The summed E-state index contributed by atoms with van der Waals surface area (Å²) >= 11 is 6.93. The molecule has 1 aromatic heterocycles. The van der Waals surface area contributed by atoms with Gasteiger partial charge in [0.1, 0.15) is 28.5 Å². The molecule has 3 aliphatic heterocycles. The van der Waals surface area contributed by atoms with Gasteiger partial charge in [-0.1, -0.05) is 35.9 Å². The highest BCUT2D eigenvalue weighted by molar-refractivity contribution is 6.35. The van der Waals surface area contributed by atoms with Crippen molar-refractivity contribution in [2.45, 2.75) is 83.0 Å². The van der Waals surface area contributed by atoms with E-state index in [9.17, 15) is 9.90 Å². The van der Waals surface area contributed by atoms with E-state index in [0.717, 1.165) is 43.0 Å². The van der Waals surface area contributed by atoms with Crippen molar-refractivity contribution in [1.82, 2.24) is 19.8 Å². The van der Waals surface area contributed by atoms with Crippen molar-refractivity contribution in [1.29, 1.82) is 0 Å². The number of aromatic nitrogens is 2. The number of amides is 1. The van der Waals surface area contributed by atoms with E-state index >= 15 is 4.39 Å². The fourth-order valence-corrected chi connectivity index (χ4v) is 7.95. The first-order chi connectivity index (χ1) is 22.0. The Morgan fingerprint density at radius 1 is 1.07 bits per heavy atom. The molecule has 1 amide bonds. The van der Waals surface area contributed by atoms with Crippen molar-refractivity contribution in [2.75, 3.05) is 31.6 Å². The molecule has 0 saturated carbocycles. The van der Waals surface area contributed by atoms with Crippen LogP contribution in [0.25, 0.3) is 32.8 Å². The van der Waals surface area contributed by atoms with Crippen LogP contribution < -0.4 is 4.90 Å². The quantitative estimate of drug-likeness (QED) is 0.240. The zero-order valence-corrected chi connectivity index (χ0v) is 27.6. The van der Waals surface area contributed by atoms with Gasteiger partial charge in [0.05, 0.1) is 17.1 Å². The molecular formula is C36H41ClFN5O3. The number of rotatable bonds is 5. The lowest BCUT2D eigenvalue weighted by molar-refractivity contribution is 0.0123. The Morgan fingerprint density at radius 3 is 2.50 bits per heavy atom. The number of hydrogen-bond donors (Lipinski definition) is 1. The Kier molecular flexibility index (Phi) is 7.96. The summed E-state index contributed by atoms with van der Waals surface area (Å²) in [7, 11) is 2.15. The average Bonchev–Trinajstić information content (AvgIpc) is 3.53. The minimum absolute atomic E-state index is 0.0346. The van der Waals surface area contributed by atoms with E-state index in [1.807, 2.05) is 49.9 Å². The smallest absolute Gasteiger partial charge is 0.410 e. The number of halogens is 2. The maximum absolute atomic E-state index is 16.9. The summed E-state index contributed by atoms with van der Waals surface area (Å²) in [5.41, 5.74) is 0.361. The number of anilines is 1. The van der Waals surface area contributed by atoms with Gasteiger partial charge < -0.3 is 19.6 Å². The molecule has 2 unspecified atom stereocenters. The first-order valence-corrected chi connectivity index (χ1v) is 16.7. The van der Waals surface area contributed by atoms with Crippen LogP contribution in [0, 0.1) is 5.82 Å². The fourth-order valence-electron chi connectivity index (χ4n) is 7.65. The van der Waals surface area contributed by atoms with E-state index in [0.29, 0.717) is 48.1 Å². The predicted molar refractivity (Wildman–Crippen MR) is 180 cm³/mol. The summed E-state index contributed by atoms with van der Waals surface area (Å²) in [5, 5.41) is 12.9. The Balaban J connectivity index is 1.32. The van der Waals surface area contributed by atoms with Crippen molar-refractivity contribution >= 4 is 45.2 Å². The van der Waals surface area contributed by atoms with Gasteiger partial charge in [0.2, 0.25) is 0 Å². The zero-order valence-electron chi connectivity index (χ0n) is 26.9. The van der Waals surface area contributed by atoms with Gasteiger partial charge in [-0.15, -0.1) is 0 Å². The predicted octanol–water partition coefficient (Wildman–Crippen LogP) is 7.56. The summed E-state index contributed by atoms with van der Waals surface area (Å²) in [5.74, 6) is 0.745. The normalized spacial score (nSPS) is 21.9. The number of fused-ring (bicyclic) bond motifs is 4. The zero-order chi connectivity index (χ0) is 32.3. The van der Waals surface area contributed by atoms with Crippen molar-refractivity contribution in [3.63, 3.8) is 0 Å². The maximum atomic E-state index is 16.9. The van der Waals surface area contributed by atoms with Gasteiger partial charge >= 0.3 is 6.09 Å². The van der Waals surface area contributed by atoms with Crippen LogP contribution in [0.2, 0.25) is 5.02 Å². The molecule has 3 fully saturated rings. The topological polar surface area (TPSA) is 82.0 Å². The molecule has 3 saturated heterocycles. The highest BCUT2D eigenvalue weighted by Crippen LogP contribution is 2.43. The molecule has 4 heterocycles. The fraction of sp³-hybridized carbons (Fsp3) is 0.472. The van der Waals surface area contributed by atoms with Crippen LogP contribution in [0.15, 0.2) is 42.5 Å². The van der Waals surface area contributed by atoms with Crippen LogP contribution in [0.1, 0.15) is 58.7 Å². The maximum Gasteiger partial charge on any atom is 0.410 e. The lowest BCUT2D eigenvalue weighted by Gasteiger charge is -2.42. The molecule has 4 aromatic rings. The number of piperazine rings is 1. The molecule has 0 aliphatic carbocycles. The summed E-state index contributed by atoms with van der Waals surface area (Å²) < 4.78 is 22.7. The number of nitrogens with zero attached hydrogens (tertiary/aromatic N) is 5. The number of benzene rings is 3.